The smallest absolute Gasteiger partial charge is 0.140 e. The molecule has 1 aromatic heterocycles. The number of thiocarbonyl (C=S) groups is 1. The van der Waals surface area contributed by atoms with Crippen LogP contribution in [0.3, 0.4) is 0 Å². The molecule has 5 heteroatoms. The van der Waals surface area contributed by atoms with Gasteiger partial charge < -0.3 is 11.1 Å². The number of hydrogen-bond acceptors (Lipinski definition) is 3. The Kier molecular flexibility index (Phi) is 4.40. The summed E-state index contributed by atoms with van der Waals surface area (Å²) in [5.74, 6) is 0.768. The second-order valence-corrected chi connectivity index (χ2v) is 6.88. The van der Waals surface area contributed by atoms with Crippen LogP contribution in [0.1, 0.15) is 29.7 Å². The Hall–Kier alpha value is -1.21. The van der Waals surface area contributed by atoms with E-state index in [4.69, 9.17) is 22.9 Å². The third kappa shape index (κ3) is 3.35. The molecule has 21 heavy (non-hydrogen) atoms. The van der Waals surface area contributed by atoms with E-state index < -0.39 is 0 Å². The van der Waals surface area contributed by atoms with Crippen molar-refractivity contribution in [3.05, 3.63) is 50.7 Å². The summed E-state index contributed by atoms with van der Waals surface area (Å²) in [4.78, 5) is 5.16. The fourth-order valence-corrected chi connectivity index (χ4v) is 3.10. The van der Waals surface area contributed by atoms with E-state index in [0.29, 0.717) is 4.99 Å². The van der Waals surface area contributed by atoms with Gasteiger partial charge in [-0.15, -0.1) is 0 Å². The molecule has 0 amide bonds. The number of anilines is 2. The maximum atomic E-state index is 5.88. The summed E-state index contributed by atoms with van der Waals surface area (Å²) in [6, 6.07) is 10.3. The summed E-state index contributed by atoms with van der Waals surface area (Å²) in [6.07, 6.45) is 4.53. The quantitative estimate of drug-likeness (QED) is 0.596. The highest BCUT2D eigenvalue weighted by Gasteiger charge is 2.16. The maximum Gasteiger partial charge on any atom is 0.140 e. The summed E-state index contributed by atoms with van der Waals surface area (Å²) >= 11 is 7.48. The first kappa shape index (κ1) is 14.7. The highest BCUT2D eigenvalue weighted by Crippen LogP contribution is 2.27. The molecule has 0 bridgehead atoms. The SMILES string of the molecule is NC(=S)c1cc2c(nc1Nc1ccc(I)cc1)CCCC2. The maximum absolute atomic E-state index is 5.88. The van der Waals surface area contributed by atoms with Crippen molar-refractivity contribution < 1.29 is 0 Å². The van der Waals surface area contributed by atoms with E-state index in [-0.39, 0.29) is 0 Å². The molecule has 0 saturated carbocycles. The lowest BCUT2D eigenvalue weighted by atomic mass is 9.94. The van der Waals surface area contributed by atoms with Crippen LogP contribution < -0.4 is 11.1 Å². The van der Waals surface area contributed by atoms with E-state index in [1.165, 1.54) is 27.7 Å². The zero-order valence-corrected chi connectivity index (χ0v) is 14.5. The Balaban J connectivity index is 1.99. The van der Waals surface area contributed by atoms with Gasteiger partial charge in [-0.2, -0.15) is 0 Å². The summed E-state index contributed by atoms with van der Waals surface area (Å²) in [7, 11) is 0. The van der Waals surface area contributed by atoms with E-state index in [2.05, 4.69) is 46.1 Å². The van der Waals surface area contributed by atoms with E-state index in [1.54, 1.807) is 0 Å². The molecule has 2 aromatic rings. The number of rotatable bonds is 3. The van der Waals surface area contributed by atoms with Gasteiger partial charge in [-0.05, 0) is 84.2 Å². The van der Waals surface area contributed by atoms with Gasteiger partial charge in [0.15, 0.2) is 0 Å². The second-order valence-electron chi connectivity index (χ2n) is 5.19. The molecular formula is C16H16IN3S. The molecule has 0 spiro atoms. The average Bonchev–Trinajstić information content (AvgIpc) is 2.48. The molecule has 108 valence electrons. The van der Waals surface area contributed by atoms with Crippen LogP contribution in [0.15, 0.2) is 30.3 Å². The third-order valence-corrected chi connectivity index (χ3v) is 4.61. The largest absolute Gasteiger partial charge is 0.389 e. The highest BCUT2D eigenvalue weighted by molar-refractivity contribution is 14.1. The van der Waals surface area contributed by atoms with Crippen molar-refractivity contribution in [2.24, 2.45) is 5.73 Å². The molecule has 3 nitrogen and oxygen atoms in total. The monoisotopic (exact) mass is 409 g/mol. The molecule has 0 unspecified atom stereocenters. The van der Waals surface area contributed by atoms with Crippen LogP contribution in [-0.4, -0.2) is 9.97 Å². The van der Waals surface area contributed by atoms with Gasteiger partial charge in [-0.3, -0.25) is 0 Å². The van der Waals surface area contributed by atoms with Crippen molar-refractivity contribution in [1.82, 2.24) is 4.98 Å². The van der Waals surface area contributed by atoms with Crippen molar-refractivity contribution in [2.75, 3.05) is 5.32 Å². The summed E-state index contributed by atoms with van der Waals surface area (Å²) in [5, 5.41) is 3.35. The number of aryl methyl sites for hydroxylation is 2. The lowest BCUT2D eigenvalue weighted by Gasteiger charge is -2.19. The van der Waals surface area contributed by atoms with Crippen molar-refractivity contribution in [2.45, 2.75) is 25.7 Å². The predicted molar refractivity (Wildman–Crippen MR) is 99.2 cm³/mol. The van der Waals surface area contributed by atoms with Crippen LogP contribution in [0.4, 0.5) is 11.5 Å². The first-order valence-electron chi connectivity index (χ1n) is 6.98. The Morgan fingerprint density at radius 3 is 2.62 bits per heavy atom. The number of halogens is 1. The molecule has 0 saturated heterocycles. The standard InChI is InChI=1S/C16H16IN3S/c17-11-5-7-12(8-6-11)19-16-13(15(18)21)9-10-3-1-2-4-14(10)20-16/h5-9H,1-4H2,(H2,18,21)(H,19,20). The Labute approximate surface area is 143 Å². The number of nitrogens with two attached hydrogens (primary N) is 1. The van der Waals surface area contributed by atoms with Crippen LogP contribution in [0.25, 0.3) is 0 Å². The van der Waals surface area contributed by atoms with Crippen molar-refractivity contribution in [3.63, 3.8) is 0 Å². The van der Waals surface area contributed by atoms with Gasteiger partial charge in [0.05, 0.1) is 5.56 Å². The fraction of sp³-hybridized carbons (Fsp3) is 0.250. The molecule has 0 fully saturated rings. The van der Waals surface area contributed by atoms with Crippen molar-refractivity contribution >= 4 is 51.3 Å². The predicted octanol–water partition coefficient (Wildman–Crippen LogP) is 3.94. The van der Waals surface area contributed by atoms with Gasteiger partial charge in [0.1, 0.15) is 10.8 Å². The highest BCUT2D eigenvalue weighted by atomic mass is 127. The summed E-state index contributed by atoms with van der Waals surface area (Å²) < 4.78 is 1.20. The van der Waals surface area contributed by atoms with Crippen LogP contribution in [0.5, 0.6) is 0 Å². The van der Waals surface area contributed by atoms with Crippen molar-refractivity contribution in [3.8, 4) is 0 Å². The third-order valence-electron chi connectivity index (χ3n) is 3.67. The minimum atomic E-state index is 0.392. The average molecular weight is 409 g/mol. The van der Waals surface area contributed by atoms with Gasteiger partial charge in [0.2, 0.25) is 0 Å². The molecule has 0 atom stereocenters. The minimum Gasteiger partial charge on any atom is -0.389 e. The van der Waals surface area contributed by atoms with E-state index in [9.17, 15) is 0 Å². The fourth-order valence-electron chi connectivity index (χ4n) is 2.59. The lowest BCUT2D eigenvalue weighted by Crippen LogP contribution is -2.16. The van der Waals surface area contributed by atoms with E-state index in [0.717, 1.165) is 29.9 Å². The van der Waals surface area contributed by atoms with Crippen LogP contribution in [0.2, 0.25) is 0 Å². The Morgan fingerprint density at radius 1 is 1.19 bits per heavy atom. The normalized spacial score (nSPS) is 13.6. The first-order valence-corrected chi connectivity index (χ1v) is 8.47. The summed E-state index contributed by atoms with van der Waals surface area (Å²) in [5.41, 5.74) is 10.2. The van der Waals surface area contributed by atoms with Gasteiger partial charge in [0, 0.05) is 15.0 Å². The number of pyridine rings is 1. The van der Waals surface area contributed by atoms with E-state index in [1.807, 2.05) is 12.1 Å². The van der Waals surface area contributed by atoms with Gasteiger partial charge in [-0.25, -0.2) is 4.98 Å². The molecule has 1 aliphatic carbocycles. The molecular weight excluding hydrogens is 393 g/mol. The minimum absolute atomic E-state index is 0.392. The molecule has 1 aliphatic rings. The molecule has 0 aliphatic heterocycles. The molecule has 0 radical (unpaired) electrons. The topological polar surface area (TPSA) is 50.9 Å². The number of nitrogens with zero attached hydrogens (tertiary/aromatic N) is 1. The van der Waals surface area contributed by atoms with Gasteiger partial charge >= 0.3 is 0 Å². The van der Waals surface area contributed by atoms with Crippen LogP contribution in [-0.2, 0) is 12.8 Å². The Morgan fingerprint density at radius 2 is 1.90 bits per heavy atom. The molecule has 1 heterocycles. The van der Waals surface area contributed by atoms with Crippen LogP contribution in [0, 0.1) is 3.57 Å². The van der Waals surface area contributed by atoms with Gasteiger partial charge in [0.25, 0.3) is 0 Å². The van der Waals surface area contributed by atoms with Crippen LogP contribution >= 0.6 is 34.8 Å². The zero-order chi connectivity index (χ0) is 14.8. The molecule has 3 N–H and O–H groups in total. The number of nitrogens with one attached hydrogen (secondary N) is 1. The number of aromatic nitrogens is 1. The second kappa shape index (κ2) is 6.27. The Bertz CT molecular complexity index is 683. The number of benzene rings is 1. The van der Waals surface area contributed by atoms with E-state index >= 15 is 0 Å². The first-order chi connectivity index (χ1) is 10.1. The summed E-state index contributed by atoms with van der Waals surface area (Å²) in [6.45, 7) is 0. The van der Waals surface area contributed by atoms with Gasteiger partial charge in [-0.1, -0.05) is 12.2 Å². The molecule has 3 rings (SSSR count). The lowest BCUT2D eigenvalue weighted by molar-refractivity contribution is 0.668. The number of fused-ring (bicyclic) bond motifs is 1. The number of hydrogen-bond donors (Lipinski definition) is 2. The molecule has 1 aromatic carbocycles. The van der Waals surface area contributed by atoms with Crippen molar-refractivity contribution in [1.29, 1.82) is 0 Å². The zero-order valence-electron chi connectivity index (χ0n) is 11.5.